The van der Waals surface area contributed by atoms with Crippen LogP contribution in [0.5, 0.6) is 0 Å². The summed E-state index contributed by atoms with van der Waals surface area (Å²) in [6.07, 6.45) is 4.13. The summed E-state index contributed by atoms with van der Waals surface area (Å²) >= 11 is 3.33. The van der Waals surface area contributed by atoms with Gasteiger partial charge in [-0.2, -0.15) is 0 Å². The molecule has 1 rings (SSSR count). The lowest BCUT2D eigenvalue weighted by Gasteiger charge is -2.00. The van der Waals surface area contributed by atoms with Crippen molar-refractivity contribution in [2.45, 2.75) is 6.92 Å². The smallest absolute Gasteiger partial charge is 0.0320 e. The van der Waals surface area contributed by atoms with Gasteiger partial charge >= 0.3 is 0 Å². The van der Waals surface area contributed by atoms with Crippen molar-refractivity contribution in [2.24, 2.45) is 0 Å². The van der Waals surface area contributed by atoms with E-state index in [4.69, 9.17) is 5.73 Å². The molecule has 2 heteroatoms. The van der Waals surface area contributed by atoms with Crippen LogP contribution in [0.15, 0.2) is 24.3 Å². The SMILES string of the molecule is Cc1ccc(N)cc1C=CCBr. The summed E-state index contributed by atoms with van der Waals surface area (Å²) in [6, 6.07) is 5.93. The molecule has 0 atom stereocenters. The summed E-state index contributed by atoms with van der Waals surface area (Å²) in [5.74, 6) is 0. The van der Waals surface area contributed by atoms with Crippen LogP contribution in [0.25, 0.3) is 6.08 Å². The summed E-state index contributed by atoms with van der Waals surface area (Å²) in [5, 5.41) is 0.876. The highest BCUT2D eigenvalue weighted by atomic mass is 79.9. The molecule has 0 unspecified atom stereocenters. The molecule has 64 valence electrons. The van der Waals surface area contributed by atoms with Gasteiger partial charge in [0.05, 0.1) is 0 Å². The van der Waals surface area contributed by atoms with E-state index in [0.29, 0.717) is 0 Å². The van der Waals surface area contributed by atoms with Gasteiger partial charge in [-0.3, -0.25) is 0 Å². The molecule has 1 aromatic carbocycles. The molecule has 12 heavy (non-hydrogen) atoms. The van der Waals surface area contributed by atoms with Gasteiger partial charge in [0.25, 0.3) is 0 Å². The largest absolute Gasteiger partial charge is 0.399 e. The normalized spacial score (nSPS) is 10.8. The monoisotopic (exact) mass is 225 g/mol. The van der Waals surface area contributed by atoms with Crippen molar-refractivity contribution >= 4 is 27.7 Å². The Balaban J connectivity index is 2.97. The lowest BCUT2D eigenvalue weighted by atomic mass is 10.1. The molecule has 0 aliphatic rings. The van der Waals surface area contributed by atoms with E-state index in [-0.39, 0.29) is 0 Å². The average Bonchev–Trinajstić information content (AvgIpc) is 2.07. The van der Waals surface area contributed by atoms with Crippen LogP contribution in [-0.2, 0) is 0 Å². The van der Waals surface area contributed by atoms with E-state index in [9.17, 15) is 0 Å². The topological polar surface area (TPSA) is 26.0 Å². The third-order valence-electron chi connectivity index (χ3n) is 1.69. The molecule has 0 aromatic heterocycles. The standard InChI is InChI=1S/C10H12BrN/c1-8-4-5-10(12)7-9(8)3-2-6-11/h2-5,7H,6,12H2,1H3. The molecule has 0 aliphatic heterocycles. The highest BCUT2D eigenvalue weighted by Crippen LogP contribution is 2.14. The molecule has 0 fully saturated rings. The number of benzene rings is 1. The third-order valence-corrected chi connectivity index (χ3v) is 2.06. The summed E-state index contributed by atoms with van der Waals surface area (Å²) in [7, 11) is 0. The number of aryl methyl sites for hydroxylation is 1. The molecule has 0 saturated heterocycles. The van der Waals surface area contributed by atoms with Crippen LogP contribution in [0.4, 0.5) is 5.69 Å². The van der Waals surface area contributed by atoms with Gasteiger partial charge in [-0.25, -0.2) is 0 Å². The predicted molar refractivity (Wildman–Crippen MR) is 58.4 cm³/mol. The van der Waals surface area contributed by atoms with Gasteiger partial charge in [-0.1, -0.05) is 34.1 Å². The van der Waals surface area contributed by atoms with Crippen LogP contribution in [0.1, 0.15) is 11.1 Å². The first kappa shape index (κ1) is 9.33. The fraction of sp³-hybridized carbons (Fsp3) is 0.200. The van der Waals surface area contributed by atoms with E-state index in [1.54, 1.807) is 0 Å². The van der Waals surface area contributed by atoms with Crippen molar-refractivity contribution in [3.05, 3.63) is 35.4 Å². The number of hydrogen-bond acceptors (Lipinski definition) is 1. The zero-order chi connectivity index (χ0) is 8.97. The molecule has 0 radical (unpaired) electrons. The number of anilines is 1. The van der Waals surface area contributed by atoms with Crippen LogP contribution in [-0.4, -0.2) is 5.33 Å². The summed E-state index contributed by atoms with van der Waals surface area (Å²) < 4.78 is 0. The van der Waals surface area contributed by atoms with Gasteiger partial charge < -0.3 is 5.73 Å². The first-order valence-corrected chi connectivity index (χ1v) is 4.95. The van der Waals surface area contributed by atoms with Crippen molar-refractivity contribution < 1.29 is 0 Å². The van der Waals surface area contributed by atoms with Gasteiger partial charge in [-0.05, 0) is 30.2 Å². The Morgan fingerprint density at radius 1 is 1.50 bits per heavy atom. The Morgan fingerprint density at radius 3 is 2.92 bits per heavy atom. The van der Waals surface area contributed by atoms with E-state index >= 15 is 0 Å². The summed E-state index contributed by atoms with van der Waals surface area (Å²) in [6.45, 7) is 2.08. The molecule has 0 amide bonds. The molecule has 0 bridgehead atoms. The maximum absolute atomic E-state index is 5.65. The van der Waals surface area contributed by atoms with Crippen molar-refractivity contribution in [2.75, 3.05) is 11.1 Å². The minimum Gasteiger partial charge on any atom is -0.399 e. The van der Waals surface area contributed by atoms with Crippen LogP contribution in [0.3, 0.4) is 0 Å². The predicted octanol–water partition coefficient (Wildman–Crippen LogP) is 2.99. The molecule has 1 aromatic rings. The minimum atomic E-state index is 0.815. The van der Waals surface area contributed by atoms with Crippen LogP contribution >= 0.6 is 15.9 Å². The summed E-state index contributed by atoms with van der Waals surface area (Å²) in [5.41, 5.74) is 8.91. The number of allylic oxidation sites excluding steroid dienone is 1. The number of nitrogen functional groups attached to an aromatic ring is 1. The van der Waals surface area contributed by atoms with Gasteiger partial charge in [0.2, 0.25) is 0 Å². The first-order valence-electron chi connectivity index (χ1n) is 3.82. The van der Waals surface area contributed by atoms with Gasteiger partial charge in [0.15, 0.2) is 0 Å². The van der Waals surface area contributed by atoms with Crippen LogP contribution < -0.4 is 5.73 Å². The second kappa shape index (κ2) is 4.31. The Bertz CT molecular complexity index is 292. The van der Waals surface area contributed by atoms with E-state index in [2.05, 4.69) is 35.0 Å². The first-order chi connectivity index (χ1) is 5.74. The molecule has 0 saturated carbocycles. The van der Waals surface area contributed by atoms with E-state index in [0.717, 1.165) is 11.0 Å². The molecular formula is C10H12BrN. The number of alkyl halides is 1. The van der Waals surface area contributed by atoms with E-state index < -0.39 is 0 Å². The second-order valence-corrected chi connectivity index (χ2v) is 3.32. The minimum absolute atomic E-state index is 0.815. The maximum Gasteiger partial charge on any atom is 0.0320 e. The second-order valence-electron chi connectivity index (χ2n) is 2.67. The fourth-order valence-electron chi connectivity index (χ4n) is 1.01. The maximum atomic E-state index is 5.65. The van der Waals surface area contributed by atoms with Gasteiger partial charge in [-0.15, -0.1) is 0 Å². The lowest BCUT2D eigenvalue weighted by molar-refractivity contribution is 1.44. The van der Waals surface area contributed by atoms with Gasteiger partial charge in [0.1, 0.15) is 0 Å². The zero-order valence-corrected chi connectivity index (χ0v) is 8.64. The molecule has 0 heterocycles. The van der Waals surface area contributed by atoms with E-state index in [1.165, 1.54) is 11.1 Å². The number of halogens is 1. The third kappa shape index (κ3) is 2.38. The van der Waals surface area contributed by atoms with Crippen molar-refractivity contribution in [1.82, 2.24) is 0 Å². The molecular weight excluding hydrogens is 214 g/mol. The zero-order valence-electron chi connectivity index (χ0n) is 7.05. The quantitative estimate of drug-likeness (QED) is 0.608. The number of nitrogens with two attached hydrogens (primary N) is 1. The fourth-order valence-corrected chi connectivity index (χ4v) is 1.20. The lowest BCUT2D eigenvalue weighted by Crippen LogP contribution is -1.87. The molecule has 1 nitrogen and oxygen atoms in total. The Hall–Kier alpha value is -0.760. The number of rotatable bonds is 2. The van der Waals surface area contributed by atoms with Crippen molar-refractivity contribution in [3.8, 4) is 0 Å². The summed E-state index contributed by atoms with van der Waals surface area (Å²) in [4.78, 5) is 0. The average molecular weight is 226 g/mol. The highest BCUT2D eigenvalue weighted by Gasteiger charge is 1.93. The molecule has 0 aliphatic carbocycles. The Morgan fingerprint density at radius 2 is 2.25 bits per heavy atom. The molecule has 2 N–H and O–H groups in total. The van der Waals surface area contributed by atoms with Crippen molar-refractivity contribution in [3.63, 3.8) is 0 Å². The highest BCUT2D eigenvalue weighted by molar-refractivity contribution is 9.09. The Kier molecular flexibility index (Phi) is 3.35. The Labute approximate surface area is 81.4 Å². The van der Waals surface area contributed by atoms with Crippen molar-refractivity contribution in [1.29, 1.82) is 0 Å². The van der Waals surface area contributed by atoms with E-state index in [1.807, 2.05) is 18.2 Å². The molecule has 0 spiro atoms. The van der Waals surface area contributed by atoms with Gasteiger partial charge in [0, 0.05) is 11.0 Å². The van der Waals surface area contributed by atoms with Crippen LogP contribution in [0, 0.1) is 6.92 Å². The number of hydrogen-bond donors (Lipinski definition) is 1. The van der Waals surface area contributed by atoms with Crippen LogP contribution in [0.2, 0.25) is 0 Å².